The summed E-state index contributed by atoms with van der Waals surface area (Å²) < 4.78 is 5.26. The first-order valence-electron chi connectivity index (χ1n) is 7.43. The molecule has 2 aliphatic rings. The van der Waals surface area contributed by atoms with Gasteiger partial charge in [-0.2, -0.15) is 0 Å². The predicted octanol–water partition coefficient (Wildman–Crippen LogP) is 2.71. The summed E-state index contributed by atoms with van der Waals surface area (Å²) >= 11 is 5.98. The highest BCUT2D eigenvalue weighted by Gasteiger charge is 2.39. The molecule has 0 saturated carbocycles. The van der Waals surface area contributed by atoms with E-state index in [4.69, 9.17) is 16.1 Å². The van der Waals surface area contributed by atoms with Gasteiger partial charge < -0.3 is 14.7 Å². The van der Waals surface area contributed by atoms with E-state index in [0.29, 0.717) is 28.3 Å². The van der Waals surface area contributed by atoms with Gasteiger partial charge in [0.1, 0.15) is 5.69 Å². The largest absolute Gasteiger partial charge is 0.350 e. The van der Waals surface area contributed by atoms with Crippen molar-refractivity contribution in [3.8, 4) is 11.3 Å². The number of likely N-dealkylation sites (tertiary alicyclic amines) is 1. The van der Waals surface area contributed by atoms with Crippen LogP contribution in [-0.4, -0.2) is 42.1 Å². The molecule has 7 heteroatoms. The molecule has 1 aromatic carbocycles. The summed E-state index contributed by atoms with van der Waals surface area (Å²) in [6, 6.07) is 9.04. The van der Waals surface area contributed by atoms with Gasteiger partial charge in [-0.05, 0) is 24.0 Å². The Morgan fingerprint density at radius 3 is 2.70 bits per heavy atom. The summed E-state index contributed by atoms with van der Waals surface area (Å²) in [4.78, 5) is 14.4. The molecule has 4 rings (SSSR count). The molecular formula is C16H17Cl2N3O2. The van der Waals surface area contributed by atoms with Crippen molar-refractivity contribution in [2.75, 3.05) is 26.2 Å². The van der Waals surface area contributed by atoms with Crippen molar-refractivity contribution in [1.29, 1.82) is 0 Å². The molecule has 5 nitrogen and oxygen atoms in total. The summed E-state index contributed by atoms with van der Waals surface area (Å²) in [5, 5.41) is 8.00. The Morgan fingerprint density at radius 2 is 2.00 bits per heavy atom. The number of halogens is 2. The van der Waals surface area contributed by atoms with E-state index in [1.54, 1.807) is 18.2 Å². The number of rotatable bonds is 2. The Hall–Kier alpha value is -1.56. The lowest BCUT2D eigenvalue weighted by Crippen LogP contribution is -2.31. The number of nitrogens with zero attached hydrogens (tertiary/aromatic N) is 2. The molecule has 2 fully saturated rings. The van der Waals surface area contributed by atoms with Crippen LogP contribution in [0.15, 0.2) is 34.9 Å². The van der Waals surface area contributed by atoms with Gasteiger partial charge in [0.05, 0.1) is 0 Å². The second-order valence-corrected chi connectivity index (χ2v) is 6.41. The maximum atomic E-state index is 12.5. The van der Waals surface area contributed by atoms with Gasteiger partial charge in [0.15, 0.2) is 0 Å². The number of nitrogens with one attached hydrogen (secondary N) is 1. The van der Waals surface area contributed by atoms with Crippen molar-refractivity contribution >= 4 is 29.9 Å². The van der Waals surface area contributed by atoms with Crippen LogP contribution in [0.3, 0.4) is 0 Å². The number of carbonyl (C=O) groups excluding carboxylic acids is 1. The Bertz CT molecular complexity index is 707. The van der Waals surface area contributed by atoms with Gasteiger partial charge in [-0.3, -0.25) is 4.79 Å². The molecule has 1 N–H and O–H groups in total. The first-order valence-corrected chi connectivity index (χ1v) is 7.81. The van der Waals surface area contributed by atoms with Crippen LogP contribution in [0.1, 0.15) is 10.6 Å². The van der Waals surface area contributed by atoms with Gasteiger partial charge in [-0.15, -0.1) is 12.4 Å². The first kappa shape index (κ1) is 16.3. The van der Waals surface area contributed by atoms with Crippen LogP contribution in [0.2, 0.25) is 5.02 Å². The number of fused-ring (bicyclic) bond motifs is 1. The number of aromatic nitrogens is 1. The molecule has 2 saturated heterocycles. The lowest BCUT2D eigenvalue weighted by Gasteiger charge is -2.15. The van der Waals surface area contributed by atoms with E-state index in [9.17, 15) is 4.79 Å². The van der Waals surface area contributed by atoms with E-state index < -0.39 is 0 Å². The quantitative estimate of drug-likeness (QED) is 0.901. The normalized spacial score (nSPS) is 22.7. The number of hydrogen-bond acceptors (Lipinski definition) is 4. The van der Waals surface area contributed by atoms with Crippen molar-refractivity contribution in [2.24, 2.45) is 11.8 Å². The lowest BCUT2D eigenvalue weighted by molar-refractivity contribution is 0.0740. The van der Waals surface area contributed by atoms with E-state index in [-0.39, 0.29) is 18.3 Å². The minimum atomic E-state index is -0.0739. The minimum absolute atomic E-state index is 0. The van der Waals surface area contributed by atoms with Crippen LogP contribution in [0.5, 0.6) is 0 Å². The van der Waals surface area contributed by atoms with Gasteiger partial charge in [-0.1, -0.05) is 28.9 Å². The third-order valence-corrected chi connectivity index (χ3v) is 4.75. The zero-order chi connectivity index (χ0) is 15.1. The van der Waals surface area contributed by atoms with Crippen LogP contribution < -0.4 is 5.32 Å². The second-order valence-electron chi connectivity index (χ2n) is 5.98. The molecule has 0 bridgehead atoms. The molecule has 1 amide bonds. The average molecular weight is 354 g/mol. The van der Waals surface area contributed by atoms with Crippen molar-refractivity contribution in [1.82, 2.24) is 15.4 Å². The maximum absolute atomic E-state index is 12.5. The molecule has 0 radical (unpaired) electrons. The molecule has 0 aliphatic carbocycles. The number of benzene rings is 1. The number of hydrogen-bond donors (Lipinski definition) is 1. The van der Waals surface area contributed by atoms with E-state index in [1.807, 2.05) is 17.0 Å². The molecule has 122 valence electrons. The Morgan fingerprint density at radius 1 is 1.26 bits per heavy atom. The Balaban J connectivity index is 0.00000156. The monoisotopic (exact) mass is 353 g/mol. The standard InChI is InChI=1S/C16H16ClN3O2.ClH/c17-13-3-1-2-10(4-13)14-5-15(22-19-14)16(21)20-8-11-6-18-7-12(11)9-20;/h1-5,11-12,18H,6-9H2;1H/t11-,12+;. The van der Waals surface area contributed by atoms with E-state index in [2.05, 4.69) is 10.5 Å². The van der Waals surface area contributed by atoms with Crippen molar-refractivity contribution in [3.05, 3.63) is 41.1 Å². The molecule has 2 aliphatic heterocycles. The van der Waals surface area contributed by atoms with E-state index in [1.165, 1.54) is 0 Å². The van der Waals surface area contributed by atoms with Gasteiger partial charge >= 0.3 is 0 Å². The summed E-state index contributed by atoms with van der Waals surface area (Å²) in [6.07, 6.45) is 0. The van der Waals surface area contributed by atoms with Gasteiger partial charge in [0.25, 0.3) is 5.91 Å². The highest BCUT2D eigenvalue weighted by molar-refractivity contribution is 6.30. The first-order chi connectivity index (χ1) is 10.7. The fourth-order valence-corrected chi connectivity index (χ4v) is 3.53. The van der Waals surface area contributed by atoms with E-state index in [0.717, 1.165) is 31.7 Å². The van der Waals surface area contributed by atoms with Crippen molar-refractivity contribution in [3.63, 3.8) is 0 Å². The Labute approximate surface area is 145 Å². The lowest BCUT2D eigenvalue weighted by atomic mass is 10.0. The average Bonchev–Trinajstić information content (AvgIpc) is 3.22. The summed E-state index contributed by atoms with van der Waals surface area (Å²) in [5.74, 6) is 1.36. The molecule has 0 spiro atoms. The third kappa shape index (κ3) is 3.09. The third-order valence-electron chi connectivity index (χ3n) is 4.52. The SMILES string of the molecule is Cl.O=C(c1cc(-c2cccc(Cl)c2)no1)N1C[C@H]2CNC[C@H]2C1. The Kier molecular flexibility index (Phi) is 4.62. The molecule has 0 unspecified atom stereocenters. The molecule has 1 aromatic heterocycles. The second kappa shape index (κ2) is 6.51. The topological polar surface area (TPSA) is 58.4 Å². The van der Waals surface area contributed by atoms with Crippen LogP contribution in [0.25, 0.3) is 11.3 Å². The predicted molar refractivity (Wildman–Crippen MR) is 90.0 cm³/mol. The highest BCUT2D eigenvalue weighted by atomic mass is 35.5. The minimum Gasteiger partial charge on any atom is -0.350 e. The van der Waals surface area contributed by atoms with Crippen LogP contribution in [-0.2, 0) is 0 Å². The van der Waals surface area contributed by atoms with Gasteiger partial charge in [0.2, 0.25) is 5.76 Å². The van der Waals surface area contributed by atoms with Gasteiger partial charge in [0, 0.05) is 42.8 Å². The maximum Gasteiger partial charge on any atom is 0.292 e. The summed E-state index contributed by atoms with van der Waals surface area (Å²) in [6.45, 7) is 3.59. The van der Waals surface area contributed by atoms with Crippen LogP contribution in [0.4, 0.5) is 0 Å². The molecule has 3 heterocycles. The molecule has 2 aromatic rings. The molecule has 2 atom stereocenters. The van der Waals surface area contributed by atoms with Crippen LogP contribution in [0, 0.1) is 11.8 Å². The number of amides is 1. The van der Waals surface area contributed by atoms with Crippen LogP contribution >= 0.6 is 24.0 Å². The highest BCUT2D eigenvalue weighted by Crippen LogP contribution is 2.28. The zero-order valence-electron chi connectivity index (χ0n) is 12.4. The zero-order valence-corrected chi connectivity index (χ0v) is 13.9. The fourth-order valence-electron chi connectivity index (χ4n) is 3.34. The van der Waals surface area contributed by atoms with Gasteiger partial charge in [-0.25, -0.2) is 0 Å². The fraction of sp³-hybridized carbons (Fsp3) is 0.375. The molecular weight excluding hydrogens is 337 g/mol. The number of carbonyl (C=O) groups is 1. The summed E-state index contributed by atoms with van der Waals surface area (Å²) in [7, 11) is 0. The van der Waals surface area contributed by atoms with Crippen molar-refractivity contribution in [2.45, 2.75) is 0 Å². The summed E-state index contributed by atoms with van der Waals surface area (Å²) in [5.41, 5.74) is 1.48. The molecule has 23 heavy (non-hydrogen) atoms. The van der Waals surface area contributed by atoms with Crippen molar-refractivity contribution < 1.29 is 9.32 Å². The van der Waals surface area contributed by atoms with E-state index >= 15 is 0 Å². The smallest absolute Gasteiger partial charge is 0.292 e.